The molecule has 1 N–H and O–H groups in total. The van der Waals surface area contributed by atoms with Gasteiger partial charge in [0.2, 0.25) is 11.0 Å². The second-order valence-electron chi connectivity index (χ2n) is 5.24. The summed E-state index contributed by atoms with van der Waals surface area (Å²) < 4.78 is 1.83. The Kier molecular flexibility index (Phi) is 4.86. The minimum absolute atomic E-state index is 0.123. The highest BCUT2D eigenvalue weighted by molar-refractivity contribution is 7.13. The quantitative estimate of drug-likeness (QED) is 0.685. The number of carbonyl (C=O) groups is 1. The highest BCUT2D eigenvalue weighted by atomic mass is 32.1. The van der Waals surface area contributed by atoms with Gasteiger partial charge in [-0.3, -0.25) is 4.79 Å². The maximum absolute atomic E-state index is 12.0. The Balaban J connectivity index is 1.75. The Bertz CT molecular complexity index is 863. The number of nitrogens with one attached hydrogen (secondary N) is 1. The summed E-state index contributed by atoms with van der Waals surface area (Å²) in [4.78, 5) is 20.6. The first-order valence-corrected chi connectivity index (χ1v) is 9.14. The van der Waals surface area contributed by atoms with Gasteiger partial charge in [-0.2, -0.15) is 5.10 Å². The minimum atomic E-state index is -0.123. The zero-order chi connectivity index (χ0) is 17.1. The average Bonchev–Trinajstić information content (AvgIpc) is 3.25. The van der Waals surface area contributed by atoms with Crippen LogP contribution < -0.4 is 5.32 Å². The lowest BCUT2D eigenvalue weighted by Gasteiger charge is -2.01. The number of aromatic nitrogens is 4. The van der Waals surface area contributed by atoms with Crippen molar-refractivity contribution in [2.45, 2.75) is 26.7 Å². The van der Waals surface area contributed by atoms with Gasteiger partial charge in [-0.1, -0.05) is 6.08 Å². The van der Waals surface area contributed by atoms with Crippen molar-refractivity contribution in [1.29, 1.82) is 0 Å². The fourth-order valence-corrected chi connectivity index (χ4v) is 3.76. The van der Waals surface area contributed by atoms with Crippen LogP contribution >= 0.6 is 22.7 Å². The van der Waals surface area contributed by atoms with E-state index in [1.54, 1.807) is 6.20 Å². The topological polar surface area (TPSA) is 72.7 Å². The molecule has 3 rings (SSSR count). The number of nitrogens with zero attached hydrogens (tertiary/aromatic N) is 4. The molecule has 0 aromatic carbocycles. The molecule has 3 aromatic heterocycles. The molecule has 1 amide bonds. The molecule has 8 heteroatoms. The summed E-state index contributed by atoms with van der Waals surface area (Å²) in [6, 6.07) is 0. The molecule has 0 bridgehead atoms. The highest BCUT2D eigenvalue weighted by Gasteiger charge is 2.15. The fourth-order valence-electron chi connectivity index (χ4n) is 2.39. The van der Waals surface area contributed by atoms with Crippen LogP contribution in [0.5, 0.6) is 0 Å². The summed E-state index contributed by atoms with van der Waals surface area (Å²) >= 11 is 2.87. The maximum Gasteiger partial charge on any atom is 0.232 e. The second kappa shape index (κ2) is 7.06. The molecule has 24 heavy (non-hydrogen) atoms. The van der Waals surface area contributed by atoms with Gasteiger partial charge in [0.1, 0.15) is 0 Å². The smallest absolute Gasteiger partial charge is 0.232 e. The first-order valence-electron chi connectivity index (χ1n) is 7.38. The summed E-state index contributed by atoms with van der Waals surface area (Å²) in [6.45, 7) is 7.80. The van der Waals surface area contributed by atoms with Gasteiger partial charge >= 0.3 is 0 Å². The zero-order valence-corrected chi connectivity index (χ0v) is 15.1. The van der Waals surface area contributed by atoms with Crippen LogP contribution in [0.25, 0.3) is 5.13 Å². The molecular formula is C16H17N5OS2. The number of rotatable bonds is 6. The van der Waals surface area contributed by atoms with Crippen LogP contribution in [0.1, 0.15) is 22.6 Å². The van der Waals surface area contributed by atoms with Gasteiger partial charge in [0.25, 0.3) is 0 Å². The Morgan fingerprint density at radius 3 is 2.96 bits per heavy atom. The monoisotopic (exact) mass is 359 g/mol. The lowest BCUT2D eigenvalue weighted by atomic mass is 10.1. The van der Waals surface area contributed by atoms with Gasteiger partial charge in [0.05, 0.1) is 17.8 Å². The van der Waals surface area contributed by atoms with E-state index in [2.05, 4.69) is 27.0 Å². The van der Waals surface area contributed by atoms with E-state index in [1.807, 2.05) is 35.4 Å². The largest absolute Gasteiger partial charge is 0.302 e. The molecule has 0 aliphatic heterocycles. The predicted octanol–water partition coefficient (Wildman–Crippen LogP) is 3.31. The molecule has 0 fully saturated rings. The molecule has 124 valence electrons. The molecule has 0 aliphatic carbocycles. The lowest BCUT2D eigenvalue weighted by molar-refractivity contribution is -0.115. The zero-order valence-electron chi connectivity index (χ0n) is 13.4. The SMILES string of the molecule is C=CCc1c(C)nn(-c2nc(CC(=O)Nc3nccs3)cs2)c1C. The summed E-state index contributed by atoms with van der Waals surface area (Å²) in [5.41, 5.74) is 3.93. The van der Waals surface area contributed by atoms with Crippen LogP contribution in [0.15, 0.2) is 29.6 Å². The van der Waals surface area contributed by atoms with Gasteiger partial charge in [-0.25, -0.2) is 14.6 Å². The molecule has 3 aromatic rings. The van der Waals surface area contributed by atoms with Gasteiger partial charge in [0.15, 0.2) is 5.13 Å². The third-order valence-corrected chi connectivity index (χ3v) is 5.08. The number of allylic oxidation sites excluding steroid dienone is 1. The molecule has 0 spiro atoms. The molecule has 0 aliphatic rings. The number of thiazole rings is 2. The molecule has 0 atom stereocenters. The second-order valence-corrected chi connectivity index (χ2v) is 6.97. The molecule has 0 saturated heterocycles. The summed E-state index contributed by atoms with van der Waals surface area (Å²) in [5, 5.41) is 12.4. The Morgan fingerprint density at radius 1 is 1.42 bits per heavy atom. The Labute approximate surface area is 147 Å². The first kappa shape index (κ1) is 16.5. The van der Waals surface area contributed by atoms with Gasteiger partial charge < -0.3 is 5.32 Å². The third-order valence-electron chi connectivity index (χ3n) is 3.53. The normalized spacial score (nSPS) is 10.8. The van der Waals surface area contributed by atoms with E-state index in [-0.39, 0.29) is 12.3 Å². The van der Waals surface area contributed by atoms with Crippen molar-refractivity contribution in [3.05, 3.63) is 52.3 Å². The van der Waals surface area contributed by atoms with Crippen molar-refractivity contribution in [2.75, 3.05) is 5.32 Å². The van der Waals surface area contributed by atoms with Crippen molar-refractivity contribution in [1.82, 2.24) is 19.7 Å². The van der Waals surface area contributed by atoms with E-state index in [9.17, 15) is 4.79 Å². The molecular weight excluding hydrogens is 342 g/mol. The van der Waals surface area contributed by atoms with Crippen LogP contribution in [-0.2, 0) is 17.6 Å². The summed E-state index contributed by atoms with van der Waals surface area (Å²) in [5.74, 6) is -0.123. The molecule has 0 radical (unpaired) electrons. The minimum Gasteiger partial charge on any atom is -0.302 e. The van der Waals surface area contributed by atoms with E-state index < -0.39 is 0 Å². The van der Waals surface area contributed by atoms with Crippen LogP contribution in [0.4, 0.5) is 5.13 Å². The predicted molar refractivity (Wildman–Crippen MR) is 97.1 cm³/mol. The van der Waals surface area contributed by atoms with Crippen molar-refractivity contribution in [3.63, 3.8) is 0 Å². The Morgan fingerprint density at radius 2 is 2.25 bits per heavy atom. The van der Waals surface area contributed by atoms with Crippen LogP contribution in [-0.4, -0.2) is 25.7 Å². The number of carbonyl (C=O) groups excluding carboxylic acids is 1. The van der Waals surface area contributed by atoms with Gasteiger partial charge in [0, 0.05) is 28.2 Å². The van der Waals surface area contributed by atoms with E-state index in [1.165, 1.54) is 28.2 Å². The number of aryl methyl sites for hydroxylation is 1. The van der Waals surface area contributed by atoms with Gasteiger partial charge in [-0.05, 0) is 20.3 Å². The number of hydrogen-bond donors (Lipinski definition) is 1. The molecule has 6 nitrogen and oxygen atoms in total. The summed E-state index contributed by atoms with van der Waals surface area (Å²) in [7, 11) is 0. The van der Waals surface area contributed by atoms with E-state index >= 15 is 0 Å². The van der Waals surface area contributed by atoms with Crippen molar-refractivity contribution >= 4 is 33.7 Å². The van der Waals surface area contributed by atoms with E-state index in [4.69, 9.17) is 0 Å². The average molecular weight is 359 g/mol. The number of amides is 1. The van der Waals surface area contributed by atoms with Crippen molar-refractivity contribution in [2.24, 2.45) is 0 Å². The molecule has 0 saturated carbocycles. The fraction of sp³-hybridized carbons (Fsp3) is 0.250. The van der Waals surface area contributed by atoms with E-state index in [0.29, 0.717) is 5.13 Å². The molecule has 3 heterocycles. The van der Waals surface area contributed by atoms with Gasteiger partial charge in [-0.15, -0.1) is 29.3 Å². The number of hydrogen-bond acceptors (Lipinski definition) is 6. The highest BCUT2D eigenvalue weighted by Crippen LogP contribution is 2.22. The van der Waals surface area contributed by atoms with Crippen LogP contribution in [0.2, 0.25) is 0 Å². The third kappa shape index (κ3) is 3.44. The van der Waals surface area contributed by atoms with Crippen LogP contribution in [0.3, 0.4) is 0 Å². The lowest BCUT2D eigenvalue weighted by Crippen LogP contribution is -2.14. The summed E-state index contributed by atoms with van der Waals surface area (Å²) in [6.07, 6.45) is 4.53. The Hall–Kier alpha value is -2.32. The van der Waals surface area contributed by atoms with Crippen molar-refractivity contribution < 1.29 is 4.79 Å². The van der Waals surface area contributed by atoms with E-state index in [0.717, 1.165) is 28.6 Å². The number of anilines is 1. The maximum atomic E-state index is 12.0. The molecule has 0 unspecified atom stereocenters. The van der Waals surface area contributed by atoms with Crippen molar-refractivity contribution in [3.8, 4) is 5.13 Å². The van der Waals surface area contributed by atoms with Crippen LogP contribution in [0, 0.1) is 13.8 Å². The first-order chi connectivity index (χ1) is 11.6. The standard InChI is InChI=1S/C16H17N5OS2/c1-4-5-13-10(2)20-21(11(13)3)16-18-12(9-24-16)8-14(22)19-15-17-6-7-23-15/h4,6-7,9H,1,5,8H2,2-3H3,(H,17,19,22).